The average molecular weight is 226 g/mol. The van der Waals surface area contributed by atoms with Crippen LogP contribution in [0.5, 0.6) is 0 Å². The molecule has 0 N–H and O–H groups in total. The van der Waals surface area contributed by atoms with Crippen LogP contribution in [0, 0.1) is 5.82 Å². The topological polar surface area (TPSA) is 0 Å². The van der Waals surface area contributed by atoms with Crippen LogP contribution in [0.15, 0.2) is 61.2 Å². The highest BCUT2D eigenvalue weighted by atomic mass is 19.1. The van der Waals surface area contributed by atoms with Gasteiger partial charge in [-0.2, -0.15) is 0 Å². The van der Waals surface area contributed by atoms with E-state index in [9.17, 15) is 4.39 Å². The van der Waals surface area contributed by atoms with E-state index in [0.29, 0.717) is 5.56 Å². The highest BCUT2D eigenvalue weighted by molar-refractivity contribution is 5.64. The number of rotatable bonds is 3. The van der Waals surface area contributed by atoms with Crippen LogP contribution in [-0.4, -0.2) is 0 Å². The van der Waals surface area contributed by atoms with Gasteiger partial charge in [-0.25, -0.2) is 4.39 Å². The highest BCUT2D eigenvalue weighted by Gasteiger charge is 2.08. The van der Waals surface area contributed by atoms with Crippen LogP contribution in [0.1, 0.15) is 18.4 Å². The van der Waals surface area contributed by atoms with Crippen molar-refractivity contribution in [1.82, 2.24) is 0 Å². The first-order chi connectivity index (χ1) is 8.22. The number of benzene rings is 2. The van der Waals surface area contributed by atoms with E-state index in [1.54, 1.807) is 6.07 Å². The molecule has 0 saturated heterocycles. The molecule has 0 saturated carbocycles. The lowest BCUT2D eigenvalue weighted by molar-refractivity contribution is 0.628. The van der Waals surface area contributed by atoms with Gasteiger partial charge in [-0.05, 0) is 23.1 Å². The maximum Gasteiger partial charge on any atom is 0.131 e. The Hall–Kier alpha value is -1.89. The predicted octanol–water partition coefficient (Wildman–Crippen LogP) is 4.78. The van der Waals surface area contributed by atoms with Crippen LogP contribution in [0.4, 0.5) is 4.39 Å². The molecule has 0 aliphatic carbocycles. The minimum atomic E-state index is -0.178. The third-order valence-corrected chi connectivity index (χ3v) is 2.96. The Balaban J connectivity index is 2.42. The predicted molar refractivity (Wildman–Crippen MR) is 70.4 cm³/mol. The summed E-state index contributed by atoms with van der Waals surface area (Å²) < 4.78 is 14.0. The van der Waals surface area contributed by atoms with Gasteiger partial charge >= 0.3 is 0 Å². The molecule has 0 amide bonds. The minimum absolute atomic E-state index is 0.175. The second-order valence-electron chi connectivity index (χ2n) is 4.13. The molecule has 17 heavy (non-hydrogen) atoms. The summed E-state index contributed by atoms with van der Waals surface area (Å²) in [5.41, 5.74) is 2.51. The molecule has 1 heteroatoms. The first kappa shape index (κ1) is 11.6. The summed E-state index contributed by atoms with van der Waals surface area (Å²) >= 11 is 0. The monoisotopic (exact) mass is 226 g/mol. The van der Waals surface area contributed by atoms with Gasteiger partial charge in [0.15, 0.2) is 0 Å². The third kappa shape index (κ3) is 2.44. The second-order valence-corrected chi connectivity index (χ2v) is 4.13. The Labute approximate surface area is 101 Å². The lowest BCUT2D eigenvalue weighted by atomic mass is 9.97. The van der Waals surface area contributed by atoms with E-state index < -0.39 is 0 Å². The first-order valence-electron chi connectivity index (χ1n) is 5.70. The Morgan fingerprint density at radius 1 is 1.12 bits per heavy atom. The number of hydrogen-bond donors (Lipinski definition) is 0. The molecule has 2 aromatic rings. The zero-order valence-electron chi connectivity index (χ0n) is 9.86. The highest BCUT2D eigenvalue weighted by Crippen LogP contribution is 2.26. The van der Waals surface area contributed by atoms with Crippen molar-refractivity contribution < 1.29 is 4.39 Å². The normalized spacial score (nSPS) is 12.1. The molecule has 1 atom stereocenters. The van der Waals surface area contributed by atoms with Crippen LogP contribution >= 0.6 is 0 Å². The molecule has 0 aliphatic heterocycles. The molecule has 0 aromatic heterocycles. The lowest BCUT2D eigenvalue weighted by Gasteiger charge is -2.09. The number of halogens is 1. The van der Waals surface area contributed by atoms with Gasteiger partial charge in [0.2, 0.25) is 0 Å². The largest absolute Gasteiger partial charge is 0.206 e. The van der Waals surface area contributed by atoms with Crippen molar-refractivity contribution in [2.45, 2.75) is 12.8 Å². The fourth-order valence-corrected chi connectivity index (χ4v) is 1.80. The molecule has 0 unspecified atom stereocenters. The molecule has 0 bridgehead atoms. The quantitative estimate of drug-likeness (QED) is 0.660. The van der Waals surface area contributed by atoms with Gasteiger partial charge in [0.25, 0.3) is 0 Å². The summed E-state index contributed by atoms with van der Waals surface area (Å²) in [4.78, 5) is 0. The van der Waals surface area contributed by atoms with Gasteiger partial charge in [-0.15, -0.1) is 6.58 Å². The standard InChI is InChI=1S/C16H15F/c1-3-12(2)14-9-10-15(16(17)11-14)13-7-5-4-6-8-13/h3-12H,1H2,2H3/t12-/m0/s1. The minimum Gasteiger partial charge on any atom is -0.206 e. The Bertz CT molecular complexity index is 514. The second kappa shape index (κ2) is 4.96. The number of hydrogen-bond acceptors (Lipinski definition) is 0. The van der Waals surface area contributed by atoms with Gasteiger partial charge in [-0.1, -0.05) is 55.5 Å². The van der Waals surface area contributed by atoms with E-state index >= 15 is 0 Å². The number of allylic oxidation sites excluding steroid dienone is 1. The molecule has 0 radical (unpaired) electrons. The Kier molecular flexibility index (Phi) is 3.38. The van der Waals surface area contributed by atoms with E-state index in [0.717, 1.165) is 11.1 Å². The van der Waals surface area contributed by atoms with E-state index in [1.807, 2.05) is 55.5 Å². The van der Waals surface area contributed by atoms with Crippen molar-refractivity contribution >= 4 is 0 Å². The van der Waals surface area contributed by atoms with Crippen LogP contribution in [0.3, 0.4) is 0 Å². The van der Waals surface area contributed by atoms with E-state index in [-0.39, 0.29) is 11.7 Å². The van der Waals surface area contributed by atoms with Crippen LogP contribution in [0.25, 0.3) is 11.1 Å². The molecular formula is C16H15F. The van der Waals surface area contributed by atoms with Crippen LogP contribution in [0.2, 0.25) is 0 Å². The lowest BCUT2D eigenvalue weighted by Crippen LogP contribution is -1.92. The van der Waals surface area contributed by atoms with E-state index in [4.69, 9.17) is 0 Å². The summed E-state index contributed by atoms with van der Waals surface area (Å²) in [5.74, 6) is -0.00303. The molecule has 0 fully saturated rings. The molecule has 0 nitrogen and oxygen atoms in total. The van der Waals surface area contributed by atoms with Gasteiger partial charge in [0.05, 0.1) is 0 Å². The Morgan fingerprint density at radius 2 is 1.82 bits per heavy atom. The fourth-order valence-electron chi connectivity index (χ4n) is 1.80. The zero-order valence-corrected chi connectivity index (χ0v) is 9.86. The third-order valence-electron chi connectivity index (χ3n) is 2.96. The van der Waals surface area contributed by atoms with Crippen molar-refractivity contribution in [3.63, 3.8) is 0 Å². The van der Waals surface area contributed by atoms with Crippen molar-refractivity contribution in [1.29, 1.82) is 0 Å². The molecular weight excluding hydrogens is 211 g/mol. The SMILES string of the molecule is C=C[C@H](C)c1ccc(-c2ccccc2)c(F)c1. The van der Waals surface area contributed by atoms with Crippen molar-refractivity contribution in [3.8, 4) is 11.1 Å². The summed E-state index contributed by atoms with van der Waals surface area (Å²) in [6, 6.07) is 15.0. The summed E-state index contributed by atoms with van der Waals surface area (Å²) in [6.07, 6.45) is 1.82. The molecule has 86 valence electrons. The van der Waals surface area contributed by atoms with Crippen LogP contribution in [-0.2, 0) is 0 Å². The molecule has 0 spiro atoms. The maximum atomic E-state index is 14.0. The maximum absolute atomic E-state index is 14.0. The summed E-state index contributed by atoms with van der Waals surface area (Å²) in [7, 11) is 0. The van der Waals surface area contributed by atoms with Gasteiger partial charge in [0.1, 0.15) is 5.82 Å². The summed E-state index contributed by atoms with van der Waals surface area (Å²) in [6.45, 7) is 5.73. The molecule has 2 aromatic carbocycles. The van der Waals surface area contributed by atoms with Crippen molar-refractivity contribution in [3.05, 3.63) is 72.6 Å². The van der Waals surface area contributed by atoms with E-state index in [2.05, 4.69) is 6.58 Å². The smallest absolute Gasteiger partial charge is 0.131 e. The fraction of sp³-hybridized carbons (Fsp3) is 0.125. The average Bonchev–Trinajstić information content (AvgIpc) is 2.38. The van der Waals surface area contributed by atoms with Gasteiger partial charge in [-0.3, -0.25) is 0 Å². The van der Waals surface area contributed by atoms with Crippen molar-refractivity contribution in [2.75, 3.05) is 0 Å². The van der Waals surface area contributed by atoms with Gasteiger partial charge in [0, 0.05) is 5.56 Å². The summed E-state index contributed by atoms with van der Waals surface area (Å²) in [5, 5.41) is 0. The van der Waals surface area contributed by atoms with Gasteiger partial charge < -0.3 is 0 Å². The van der Waals surface area contributed by atoms with Crippen LogP contribution < -0.4 is 0 Å². The van der Waals surface area contributed by atoms with Crippen molar-refractivity contribution in [2.24, 2.45) is 0 Å². The molecule has 0 heterocycles. The zero-order chi connectivity index (χ0) is 12.3. The first-order valence-corrected chi connectivity index (χ1v) is 5.70. The Morgan fingerprint density at radius 3 is 2.41 bits per heavy atom. The molecule has 2 rings (SSSR count). The van der Waals surface area contributed by atoms with E-state index in [1.165, 1.54) is 0 Å². The molecule has 0 aliphatic rings.